The molecular formula is C35H39F3N4O5S. The van der Waals surface area contributed by atoms with Crippen LogP contribution < -0.4 is 0 Å². The molecule has 9 nitrogen and oxygen atoms in total. The number of fused-ring (bicyclic) bond motifs is 1. The van der Waals surface area contributed by atoms with E-state index in [1.54, 1.807) is 35.2 Å². The van der Waals surface area contributed by atoms with Crippen LogP contribution in [-0.4, -0.2) is 89.9 Å². The fraction of sp³-hybridized carbons (Fsp3) is 0.371. The van der Waals surface area contributed by atoms with Gasteiger partial charge in [0.15, 0.2) is 0 Å². The lowest BCUT2D eigenvalue weighted by Gasteiger charge is -2.35. The molecule has 0 radical (unpaired) electrons. The molecule has 2 N–H and O–H groups in total. The van der Waals surface area contributed by atoms with Gasteiger partial charge < -0.3 is 15.0 Å². The van der Waals surface area contributed by atoms with E-state index in [0.29, 0.717) is 36.1 Å². The first-order valence-electron chi connectivity index (χ1n) is 15.8. The average Bonchev–Trinajstić information content (AvgIpc) is 3.43. The first-order chi connectivity index (χ1) is 22.8. The van der Waals surface area contributed by atoms with Crippen molar-refractivity contribution in [1.29, 1.82) is 0 Å². The standard InChI is InChI=1S/C33H38N4O3S.C2HF3O2/c1-24-9-8-10-25(2)31(24)26-15-17-35(18-16-26)23-29-28-13-6-7-14-30(28)34-32(29)33(38)36-19-21-37(22-20-36)41(39,40)27-11-4-3-5-12-27;3-2(4,5)1(6)7/h3-14,26,34H,15-23H2,1-2H3;(H,6,7). The molecule has 2 fully saturated rings. The summed E-state index contributed by atoms with van der Waals surface area (Å²) in [7, 11) is -3.57. The van der Waals surface area contributed by atoms with Gasteiger partial charge in [-0.2, -0.15) is 17.5 Å². The topological polar surface area (TPSA) is 114 Å². The van der Waals surface area contributed by atoms with Gasteiger partial charge in [-0.05, 0) is 80.6 Å². The van der Waals surface area contributed by atoms with E-state index < -0.39 is 22.2 Å². The highest BCUT2D eigenvalue weighted by atomic mass is 32.2. The molecular weight excluding hydrogens is 645 g/mol. The molecule has 0 atom stereocenters. The Bertz CT molecular complexity index is 1840. The Balaban J connectivity index is 0.000000582. The van der Waals surface area contributed by atoms with E-state index in [4.69, 9.17) is 9.90 Å². The van der Waals surface area contributed by atoms with E-state index in [1.165, 1.54) is 21.0 Å². The van der Waals surface area contributed by atoms with Crippen LogP contribution in [0.1, 0.15) is 51.5 Å². The molecule has 2 saturated heterocycles. The van der Waals surface area contributed by atoms with Gasteiger partial charge in [-0.25, -0.2) is 13.2 Å². The van der Waals surface area contributed by atoms with Gasteiger partial charge in [-0.3, -0.25) is 9.69 Å². The van der Waals surface area contributed by atoms with E-state index in [9.17, 15) is 26.4 Å². The van der Waals surface area contributed by atoms with Crippen LogP contribution in [0, 0.1) is 13.8 Å². The summed E-state index contributed by atoms with van der Waals surface area (Å²) < 4.78 is 59.4. The van der Waals surface area contributed by atoms with Crippen molar-refractivity contribution in [3.8, 4) is 0 Å². The number of aromatic amines is 1. The van der Waals surface area contributed by atoms with Crippen molar-refractivity contribution < 1.29 is 36.3 Å². The van der Waals surface area contributed by atoms with Crippen LogP contribution in [-0.2, 0) is 21.4 Å². The van der Waals surface area contributed by atoms with Crippen LogP contribution in [0.5, 0.6) is 0 Å². The molecule has 0 saturated carbocycles. The molecule has 1 amide bonds. The van der Waals surface area contributed by atoms with Crippen LogP contribution in [0.25, 0.3) is 10.9 Å². The number of carboxylic acids is 1. The maximum atomic E-state index is 13.9. The highest BCUT2D eigenvalue weighted by molar-refractivity contribution is 7.89. The van der Waals surface area contributed by atoms with Crippen molar-refractivity contribution in [3.05, 3.63) is 101 Å². The number of hydrogen-bond donors (Lipinski definition) is 2. The second-order valence-corrected chi connectivity index (χ2v) is 14.1. The zero-order valence-corrected chi connectivity index (χ0v) is 27.7. The molecule has 0 unspecified atom stereocenters. The van der Waals surface area contributed by atoms with Crippen molar-refractivity contribution in [2.75, 3.05) is 39.3 Å². The summed E-state index contributed by atoms with van der Waals surface area (Å²) in [5.41, 5.74) is 6.89. The molecule has 0 spiro atoms. The van der Waals surface area contributed by atoms with Gasteiger partial charge in [0.1, 0.15) is 5.69 Å². The normalized spacial score (nSPS) is 16.8. The van der Waals surface area contributed by atoms with E-state index in [1.807, 2.05) is 18.2 Å². The largest absolute Gasteiger partial charge is 0.490 e. The molecule has 3 heterocycles. The number of likely N-dealkylation sites (tertiary alicyclic amines) is 1. The number of piperazine rings is 1. The number of carboxylic acid groups (broad SMARTS) is 1. The molecule has 0 aliphatic carbocycles. The molecule has 2 aliphatic heterocycles. The van der Waals surface area contributed by atoms with E-state index in [-0.39, 0.29) is 19.0 Å². The Kier molecular flexibility index (Phi) is 10.6. The van der Waals surface area contributed by atoms with Gasteiger partial charge in [0.05, 0.1) is 4.90 Å². The number of nitrogens with zero attached hydrogens (tertiary/aromatic N) is 3. The number of amides is 1. The highest BCUT2D eigenvalue weighted by Gasteiger charge is 2.38. The lowest BCUT2D eigenvalue weighted by molar-refractivity contribution is -0.192. The zero-order valence-electron chi connectivity index (χ0n) is 26.8. The van der Waals surface area contributed by atoms with Crippen molar-refractivity contribution in [2.24, 2.45) is 0 Å². The SMILES string of the molecule is Cc1cccc(C)c1C1CCN(Cc2c(C(=O)N3CCN(S(=O)(=O)c4ccccc4)CC3)[nH]c3ccccc23)CC1.O=C(O)C(F)(F)F. The van der Waals surface area contributed by atoms with Gasteiger partial charge in [0, 0.05) is 49.2 Å². The molecule has 0 bridgehead atoms. The summed E-state index contributed by atoms with van der Waals surface area (Å²) in [5.74, 6) is -2.24. The van der Waals surface area contributed by atoms with Crippen LogP contribution in [0.2, 0.25) is 0 Å². The average molecular weight is 685 g/mol. The second-order valence-electron chi connectivity index (χ2n) is 12.2. The molecule has 2 aliphatic rings. The lowest BCUT2D eigenvalue weighted by Crippen LogP contribution is -2.50. The zero-order chi connectivity index (χ0) is 34.6. The minimum absolute atomic E-state index is 0.0571. The Morgan fingerprint density at radius 3 is 1.98 bits per heavy atom. The third kappa shape index (κ3) is 7.74. The smallest absolute Gasteiger partial charge is 0.475 e. The third-order valence-electron chi connectivity index (χ3n) is 9.10. The quantitative estimate of drug-likeness (QED) is 0.260. The fourth-order valence-corrected chi connectivity index (χ4v) is 8.10. The van der Waals surface area contributed by atoms with Crippen LogP contribution in [0.3, 0.4) is 0 Å². The molecule has 4 aromatic rings. The summed E-state index contributed by atoms with van der Waals surface area (Å²) in [4.78, 5) is 30.7. The number of alkyl halides is 3. The number of para-hydroxylation sites is 1. The Hall–Kier alpha value is -4.20. The van der Waals surface area contributed by atoms with Crippen molar-refractivity contribution in [2.45, 2.75) is 50.2 Å². The number of carbonyl (C=O) groups is 2. The lowest BCUT2D eigenvalue weighted by atomic mass is 9.84. The van der Waals surface area contributed by atoms with Gasteiger partial charge >= 0.3 is 12.1 Å². The molecule has 256 valence electrons. The van der Waals surface area contributed by atoms with E-state index in [2.05, 4.69) is 48.0 Å². The number of aromatic nitrogens is 1. The number of aliphatic carboxylic acids is 1. The molecule has 48 heavy (non-hydrogen) atoms. The first-order valence-corrected chi connectivity index (χ1v) is 17.2. The van der Waals surface area contributed by atoms with E-state index in [0.717, 1.165) is 42.4 Å². The molecule has 6 rings (SSSR count). The summed E-state index contributed by atoms with van der Waals surface area (Å²) in [5, 5.41) is 8.21. The number of aryl methyl sites for hydroxylation is 2. The van der Waals surface area contributed by atoms with Gasteiger partial charge in [0.2, 0.25) is 10.0 Å². The summed E-state index contributed by atoms with van der Waals surface area (Å²) in [6.45, 7) is 8.41. The number of halogens is 3. The third-order valence-corrected chi connectivity index (χ3v) is 11.0. The number of sulfonamides is 1. The number of piperidine rings is 1. The number of H-pyrrole nitrogens is 1. The second kappa shape index (κ2) is 14.5. The number of hydrogen-bond acceptors (Lipinski definition) is 5. The van der Waals surface area contributed by atoms with Crippen molar-refractivity contribution in [3.63, 3.8) is 0 Å². The predicted octanol–water partition coefficient (Wildman–Crippen LogP) is 5.94. The number of rotatable bonds is 6. The van der Waals surface area contributed by atoms with Crippen molar-refractivity contribution >= 4 is 32.8 Å². The van der Waals surface area contributed by atoms with Gasteiger partial charge in [0.25, 0.3) is 5.91 Å². The summed E-state index contributed by atoms with van der Waals surface area (Å²) in [6.07, 6.45) is -2.87. The molecule has 3 aromatic carbocycles. The Labute approximate surface area is 278 Å². The maximum Gasteiger partial charge on any atom is 0.490 e. The molecule has 1 aromatic heterocycles. The Morgan fingerprint density at radius 2 is 1.40 bits per heavy atom. The van der Waals surface area contributed by atoms with Crippen LogP contribution >= 0.6 is 0 Å². The van der Waals surface area contributed by atoms with Gasteiger partial charge in [-0.15, -0.1) is 0 Å². The minimum Gasteiger partial charge on any atom is -0.475 e. The summed E-state index contributed by atoms with van der Waals surface area (Å²) in [6, 6.07) is 23.2. The molecule has 13 heteroatoms. The summed E-state index contributed by atoms with van der Waals surface area (Å²) >= 11 is 0. The van der Waals surface area contributed by atoms with Crippen molar-refractivity contribution in [1.82, 2.24) is 19.1 Å². The Morgan fingerprint density at radius 1 is 0.833 bits per heavy atom. The van der Waals surface area contributed by atoms with E-state index >= 15 is 0 Å². The monoisotopic (exact) mass is 684 g/mol. The fourth-order valence-electron chi connectivity index (χ4n) is 6.65. The predicted molar refractivity (Wildman–Crippen MR) is 176 cm³/mol. The minimum atomic E-state index is -5.08. The van der Waals surface area contributed by atoms with Crippen LogP contribution in [0.15, 0.2) is 77.7 Å². The highest BCUT2D eigenvalue weighted by Crippen LogP contribution is 2.34. The maximum absolute atomic E-state index is 13.9. The van der Waals surface area contributed by atoms with Gasteiger partial charge in [-0.1, -0.05) is 54.6 Å². The first kappa shape index (κ1) is 35.1. The number of benzene rings is 3. The number of nitrogens with one attached hydrogen (secondary N) is 1. The number of carbonyl (C=O) groups excluding carboxylic acids is 1. The van der Waals surface area contributed by atoms with Crippen LogP contribution in [0.4, 0.5) is 13.2 Å².